The fraction of sp³-hybridized carbons (Fsp3) is 0.500. The van der Waals surface area contributed by atoms with Crippen LogP contribution >= 0.6 is 34.8 Å². The molecule has 2 rings (SSSR count). The number of alkyl halides is 2. The Hall–Kier alpha value is -0.450. The Morgan fingerprint density at radius 2 is 2.20 bits per heavy atom. The fourth-order valence-electron chi connectivity index (χ4n) is 1.24. The number of rotatable bonds is 3. The Morgan fingerprint density at radius 1 is 1.53 bits per heavy atom. The summed E-state index contributed by atoms with van der Waals surface area (Å²) in [7, 11) is 0. The standard InChI is InChI=1S/C8H9Cl3N4/c9-5-1-6(15-7(12)14-5)13-3-4-2-8(4,10)11/h1,4H,2-3H2,(H3,12,13,14,15). The van der Waals surface area contributed by atoms with E-state index in [1.54, 1.807) is 6.07 Å². The second-order valence-electron chi connectivity index (χ2n) is 3.48. The van der Waals surface area contributed by atoms with Crippen LogP contribution in [0.5, 0.6) is 0 Å². The van der Waals surface area contributed by atoms with Gasteiger partial charge in [0.2, 0.25) is 5.95 Å². The van der Waals surface area contributed by atoms with Gasteiger partial charge in [0.05, 0.1) is 0 Å². The topological polar surface area (TPSA) is 63.8 Å². The Morgan fingerprint density at radius 3 is 2.73 bits per heavy atom. The molecule has 0 spiro atoms. The largest absolute Gasteiger partial charge is 0.369 e. The van der Waals surface area contributed by atoms with Crippen LogP contribution in [0.3, 0.4) is 0 Å². The molecule has 1 aromatic heterocycles. The van der Waals surface area contributed by atoms with Crippen LogP contribution in [-0.4, -0.2) is 20.8 Å². The minimum absolute atomic E-state index is 0.142. The molecule has 0 bridgehead atoms. The highest BCUT2D eigenvalue weighted by molar-refractivity contribution is 6.50. The summed E-state index contributed by atoms with van der Waals surface area (Å²) < 4.78 is -0.588. The molecule has 0 aliphatic heterocycles. The summed E-state index contributed by atoms with van der Waals surface area (Å²) in [5.74, 6) is 0.975. The van der Waals surface area contributed by atoms with Crippen molar-refractivity contribution in [3.05, 3.63) is 11.2 Å². The first-order valence-corrected chi connectivity index (χ1v) is 5.52. The molecule has 15 heavy (non-hydrogen) atoms. The van der Waals surface area contributed by atoms with Crippen LogP contribution in [0.25, 0.3) is 0 Å². The number of halogens is 3. The molecule has 0 saturated heterocycles. The molecule has 1 aromatic rings. The van der Waals surface area contributed by atoms with Gasteiger partial charge in [0.1, 0.15) is 15.3 Å². The monoisotopic (exact) mass is 266 g/mol. The van der Waals surface area contributed by atoms with Gasteiger partial charge in [-0.25, -0.2) is 4.98 Å². The van der Waals surface area contributed by atoms with E-state index in [4.69, 9.17) is 40.5 Å². The summed E-state index contributed by atoms with van der Waals surface area (Å²) in [6, 6.07) is 1.60. The van der Waals surface area contributed by atoms with Crippen LogP contribution in [0.2, 0.25) is 5.15 Å². The van der Waals surface area contributed by atoms with Crippen molar-refractivity contribution in [1.82, 2.24) is 9.97 Å². The van der Waals surface area contributed by atoms with Crippen LogP contribution in [-0.2, 0) is 0 Å². The second kappa shape index (κ2) is 3.85. The molecule has 1 fully saturated rings. The smallest absolute Gasteiger partial charge is 0.223 e. The minimum atomic E-state index is -0.588. The van der Waals surface area contributed by atoms with Gasteiger partial charge in [0, 0.05) is 18.5 Å². The maximum Gasteiger partial charge on any atom is 0.223 e. The zero-order valence-electron chi connectivity index (χ0n) is 7.67. The Kier molecular flexibility index (Phi) is 2.83. The van der Waals surface area contributed by atoms with Gasteiger partial charge in [-0.15, -0.1) is 23.2 Å². The summed E-state index contributed by atoms with van der Waals surface area (Å²) in [5.41, 5.74) is 5.44. The van der Waals surface area contributed by atoms with Crippen molar-refractivity contribution in [3.8, 4) is 0 Å². The molecule has 82 valence electrons. The summed E-state index contributed by atoms with van der Waals surface area (Å²) in [6.07, 6.45) is 0.789. The average molecular weight is 268 g/mol. The van der Waals surface area contributed by atoms with E-state index in [1.165, 1.54) is 0 Å². The van der Waals surface area contributed by atoms with E-state index in [-0.39, 0.29) is 11.9 Å². The molecule has 4 nitrogen and oxygen atoms in total. The summed E-state index contributed by atoms with van der Waals surface area (Å²) in [6.45, 7) is 0.653. The van der Waals surface area contributed by atoms with Crippen LogP contribution in [0, 0.1) is 5.92 Å². The summed E-state index contributed by atoms with van der Waals surface area (Å²) >= 11 is 17.5. The van der Waals surface area contributed by atoms with E-state index >= 15 is 0 Å². The number of nitrogens with zero attached hydrogens (tertiary/aromatic N) is 2. The van der Waals surface area contributed by atoms with Gasteiger partial charge in [0.15, 0.2) is 0 Å². The third-order valence-corrected chi connectivity index (χ3v) is 3.32. The highest BCUT2D eigenvalue weighted by atomic mass is 35.5. The lowest BCUT2D eigenvalue weighted by Gasteiger charge is -2.05. The lowest BCUT2D eigenvalue weighted by molar-refractivity contribution is 0.868. The maximum atomic E-state index is 5.88. The molecule has 1 atom stereocenters. The molecular formula is C8H9Cl3N4. The molecule has 1 aliphatic carbocycles. The first-order valence-electron chi connectivity index (χ1n) is 4.39. The van der Waals surface area contributed by atoms with Crippen molar-refractivity contribution >= 4 is 46.6 Å². The predicted octanol–water partition coefficient (Wildman–Crippen LogP) is 2.32. The zero-order chi connectivity index (χ0) is 11.1. The first kappa shape index (κ1) is 11.0. The van der Waals surface area contributed by atoms with E-state index in [1.807, 2.05) is 0 Å². The minimum Gasteiger partial charge on any atom is -0.369 e. The number of nitrogens with one attached hydrogen (secondary N) is 1. The SMILES string of the molecule is Nc1nc(Cl)cc(NCC2CC2(Cl)Cl)n1. The van der Waals surface area contributed by atoms with E-state index in [0.29, 0.717) is 17.5 Å². The van der Waals surface area contributed by atoms with Gasteiger partial charge in [-0.3, -0.25) is 0 Å². The fourth-order valence-corrected chi connectivity index (χ4v) is 1.96. The molecule has 0 amide bonds. The van der Waals surface area contributed by atoms with Crippen molar-refractivity contribution in [1.29, 1.82) is 0 Å². The number of anilines is 2. The number of hydrogen-bond donors (Lipinski definition) is 2. The van der Waals surface area contributed by atoms with Gasteiger partial charge in [0.25, 0.3) is 0 Å². The lowest BCUT2D eigenvalue weighted by Crippen LogP contribution is -2.09. The maximum absolute atomic E-state index is 5.88. The number of nitrogen functional groups attached to an aromatic ring is 1. The normalized spacial score (nSPS) is 22.5. The molecule has 3 N–H and O–H groups in total. The lowest BCUT2D eigenvalue weighted by atomic mass is 10.4. The molecule has 1 aliphatic rings. The van der Waals surface area contributed by atoms with Gasteiger partial charge < -0.3 is 11.1 Å². The predicted molar refractivity (Wildman–Crippen MR) is 62.5 cm³/mol. The van der Waals surface area contributed by atoms with E-state index in [9.17, 15) is 0 Å². The van der Waals surface area contributed by atoms with Crippen molar-refractivity contribution in [2.45, 2.75) is 10.8 Å². The molecule has 0 aromatic carbocycles. The van der Waals surface area contributed by atoms with Gasteiger partial charge in [-0.1, -0.05) is 11.6 Å². The summed E-state index contributed by atoms with van der Waals surface area (Å²) in [5, 5.41) is 3.37. The number of aromatic nitrogens is 2. The third kappa shape index (κ3) is 2.77. The molecule has 1 saturated carbocycles. The van der Waals surface area contributed by atoms with Crippen molar-refractivity contribution in [2.24, 2.45) is 5.92 Å². The molecule has 1 unspecified atom stereocenters. The Labute approximate surface area is 102 Å². The second-order valence-corrected chi connectivity index (χ2v) is 5.41. The highest BCUT2D eigenvalue weighted by Crippen LogP contribution is 2.52. The average Bonchev–Trinajstić information content (AvgIpc) is 2.69. The quantitative estimate of drug-likeness (QED) is 0.652. The van der Waals surface area contributed by atoms with E-state index < -0.39 is 4.33 Å². The van der Waals surface area contributed by atoms with Gasteiger partial charge in [-0.05, 0) is 6.42 Å². The van der Waals surface area contributed by atoms with Crippen LogP contribution in [0.1, 0.15) is 6.42 Å². The van der Waals surface area contributed by atoms with Crippen molar-refractivity contribution in [3.63, 3.8) is 0 Å². The van der Waals surface area contributed by atoms with E-state index in [2.05, 4.69) is 15.3 Å². The third-order valence-electron chi connectivity index (χ3n) is 2.20. The molecular weight excluding hydrogens is 258 g/mol. The number of hydrogen-bond acceptors (Lipinski definition) is 4. The van der Waals surface area contributed by atoms with Crippen LogP contribution < -0.4 is 11.1 Å². The van der Waals surface area contributed by atoms with Crippen molar-refractivity contribution < 1.29 is 0 Å². The molecule has 7 heteroatoms. The highest BCUT2D eigenvalue weighted by Gasteiger charge is 2.51. The van der Waals surface area contributed by atoms with Crippen LogP contribution in [0.4, 0.5) is 11.8 Å². The first-order chi connectivity index (χ1) is 6.97. The molecule has 1 heterocycles. The summed E-state index contributed by atoms with van der Waals surface area (Å²) in [4.78, 5) is 7.71. The van der Waals surface area contributed by atoms with Crippen LogP contribution in [0.15, 0.2) is 6.07 Å². The van der Waals surface area contributed by atoms with Gasteiger partial charge in [-0.2, -0.15) is 4.98 Å². The number of nitrogens with two attached hydrogens (primary N) is 1. The van der Waals surface area contributed by atoms with E-state index in [0.717, 1.165) is 6.42 Å². The van der Waals surface area contributed by atoms with Crippen molar-refractivity contribution in [2.75, 3.05) is 17.6 Å². The van der Waals surface area contributed by atoms with Gasteiger partial charge >= 0.3 is 0 Å². The molecule has 0 radical (unpaired) electrons. The Balaban J connectivity index is 1.94. The Bertz CT molecular complexity index is 362. The zero-order valence-corrected chi connectivity index (χ0v) is 9.94.